The van der Waals surface area contributed by atoms with Gasteiger partial charge in [0.05, 0.1) is 7.11 Å². The summed E-state index contributed by atoms with van der Waals surface area (Å²) in [7, 11) is 1.54. The number of hydrazine groups is 1. The summed E-state index contributed by atoms with van der Waals surface area (Å²) >= 11 is 5.91. The standard InChI is InChI=1S/C14H17ClN4O3/c1-14(2,3)22-13(20)19-18-11-8-6-5-7-9(21-4)10(8)16-12(15)17-11/h5-7H,1-4H3,(H,19,20)(H,16,17,18). The van der Waals surface area contributed by atoms with Crippen molar-refractivity contribution >= 4 is 34.4 Å². The number of fused-ring (bicyclic) bond motifs is 1. The summed E-state index contributed by atoms with van der Waals surface area (Å²) in [6, 6.07) is 5.33. The van der Waals surface area contributed by atoms with Crippen LogP contribution in [0.5, 0.6) is 5.75 Å². The number of nitrogens with zero attached hydrogens (tertiary/aromatic N) is 2. The molecule has 0 unspecified atom stereocenters. The van der Waals surface area contributed by atoms with Gasteiger partial charge in [-0.25, -0.2) is 15.2 Å². The summed E-state index contributed by atoms with van der Waals surface area (Å²) in [5, 5.41) is 0.685. The summed E-state index contributed by atoms with van der Waals surface area (Å²) in [5.74, 6) is 0.905. The van der Waals surface area contributed by atoms with Crippen molar-refractivity contribution in [2.75, 3.05) is 12.5 Å². The molecule has 0 aliphatic carbocycles. The molecule has 0 spiro atoms. The molecule has 118 valence electrons. The molecule has 1 amide bonds. The zero-order valence-corrected chi connectivity index (χ0v) is 13.5. The lowest BCUT2D eigenvalue weighted by atomic mass is 10.2. The number of methoxy groups -OCH3 is 1. The van der Waals surface area contributed by atoms with Crippen molar-refractivity contribution in [3.63, 3.8) is 0 Å². The van der Waals surface area contributed by atoms with Gasteiger partial charge in [0.2, 0.25) is 5.28 Å². The van der Waals surface area contributed by atoms with Crippen molar-refractivity contribution in [1.82, 2.24) is 15.4 Å². The fraction of sp³-hybridized carbons (Fsp3) is 0.357. The van der Waals surface area contributed by atoms with Gasteiger partial charge in [-0.2, -0.15) is 4.98 Å². The molecule has 2 aromatic rings. The monoisotopic (exact) mass is 324 g/mol. The van der Waals surface area contributed by atoms with E-state index in [2.05, 4.69) is 20.8 Å². The Morgan fingerprint density at radius 1 is 1.27 bits per heavy atom. The normalized spacial score (nSPS) is 11.1. The first-order valence-electron chi connectivity index (χ1n) is 6.55. The third kappa shape index (κ3) is 3.88. The summed E-state index contributed by atoms with van der Waals surface area (Å²) in [4.78, 5) is 19.9. The number of nitrogens with one attached hydrogen (secondary N) is 2. The lowest BCUT2D eigenvalue weighted by Crippen LogP contribution is -2.36. The number of ether oxygens (including phenoxy) is 2. The van der Waals surface area contributed by atoms with Crippen molar-refractivity contribution in [1.29, 1.82) is 0 Å². The highest BCUT2D eigenvalue weighted by Gasteiger charge is 2.17. The molecule has 0 radical (unpaired) electrons. The van der Waals surface area contributed by atoms with Crippen LogP contribution in [0.2, 0.25) is 5.28 Å². The van der Waals surface area contributed by atoms with Crippen molar-refractivity contribution in [3.05, 3.63) is 23.5 Å². The number of benzene rings is 1. The second-order valence-electron chi connectivity index (χ2n) is 5.45. The van der Waals surface area contributed by atoms with Gasteiger partial charge in [-0.15, -0.1) is 0 Å². The number of halogens is 1. The molecule has 1 aromatic carbocycles. The van der Waals surface area contributed by atoms with Crippen molar-refractivity contribution in [2.45, 2.75) is 26.4 Å². The molecular weight excluding hydrogens is 308 g/mol. The van der Waals surface area contributed by atoms with E-state index >= 15 is 0 Å². The quantitative estimate of drug-likeness (QED) is 0.666. The molecule has 1 aromatic heterocycles. The van der Waals surface area contributed by atoms with E-state index in [-0.39, 0.29) is 5.28 Å². The topological polar surface area (TPSA) is 85.4 Å². The predicted molar refractivity (Wildman–Crippen MR) is 84.1 cm³/mol. The molecule has 0 fully saturated rings. The zero-order chi connectivity index (χ0) is 16.3. The number of anilines is 1. The predicted octanol–water partition coefficient (Wildman–Crippen LogP) is 3.14. The van der Waals surface area contributed by atoms with Gasteiger partial charge in [0, 0.05) is 5.39 Å². The maximum atomic E-state index is 11.7. The van der Waals surface area contributed by atoms with Gasteiger partial charge in [0.15, 0.2) is 5.82 Å². The minimum Gasteiger partial charge on any atom is -0.494 e. The van der Waals surface area contributed by atoms with Crippen LogP contribution in [0.3, 0.4) is 0 Å². The van der Waals surface area contributed by atoms with Gasteiger partial charge < -0.3 is 9.47 Å². The van der Waals surface area contributed by atoms with E-state index in [0.29, 0.717) is 22.5 Å². The minimum atomic E-state index is -0.627. The van der Waals surface area contributed by atoms with Crippen molar-refractivity contribution in [2.24, 2.45) is 0 Å². The first-order chi connectivity index (χ1) is 10.3. The van der Waals surface area contributed by atoms with Gasteiger partial charge >= 0.3 is 6.09 Å². The Labute approximate surface area is 133 Å². The van der Waals surface area contributed by atoms with Crippen LogP contribution in [0.4, 0.5) is 10.6 Å². The first-order valence-corrected chi connectivity index (χ1v) is 6.93. The van der Waals surface area contributed by atoms with Crippen LogP contribution >= 0.6 is 11.6 Å². The highest BCUT2D eigenvalue weighted by molar-refractivity contribution is 6.29. The van der Waals surface area contributed by atoms with Crippen LogP contribution < -0.4 is 15.6 Å². The Morgan fingerprint density at radius 2 is 2.00 bits per heavy atom. The first kappa shape index (κ1) is 16.1. The summed E-state index contributed by atoms with van der Waals surface area (Å²) in [5.41, 5.74) is 5.04. The van der Waals surface area contributed by atoms with E-state index in [9.17, 15) is 4.79 Å². The van der Waals surface area contributed by atoms with Gasteiger partial charge in [-0.3, -0.25) is 5.43 Å². The van der Waals surface area contributed by atoms with E-state index in [0.717, 1.165) is 0 Å². The van der Waals surface area contributed by atoms with Crippen molar-refractivity contribution in [3.8, 4) is 5.75 Å². The molecule has 0 bridgehead atoms. The minimum absolute atomic E-state index is 0.0329. The van der Waals surface area contributed by atoms with E-state index in [1.165, 1.54) is 7.11 Å². The number of hydrogen-bond acceptors (Lipinski definition) is 6. The zero-order valence-electron chi connectivity index (χ0n) is 12.7. The lowest BCUT2D eigenvalue weighted by Gasteiger charge is -2.20. The molecule has 0 aliphatic heterocycles. The van der Waals surface area contributed by atoms with Crippen LogP contribution in [0, 0.1) is 0 Å². The SMILES string of the molecule is COc1cccc2c(NNC(=O)OC(C)(C)C)nc(Cl)nc12. The van der Waals surface area contributed by atoms with Gasteiger partial charge in [-0.05, 0) is 44.5 Å². The number of rotatable bonds is 3. The number of amides is 1. The highest BCUT2D eigenvalue weighted by Crippen LogP contribution is 2.28. The van der Waals surface area contributed by atoms with Crippen LogP contribution in [0.25, 0.3) is 10.9 Å². The Morgan fingerprint density at radius 3 is 2.64 bits per heavy atom. The van der Waals surface area contributed by atoms with E-state index in [1.807, 2.05) is 0 Å². The van der Waals surface area contributed by atoms with E-state index in [4.69, 9.17) is 21.1 Å². The summed E-state index contributed by atoms with van der Waals surface area (Å²) in [6.45, 7) is 5.32. The molecule has 22 heavy (non-hydrogen) atoms. The number of aromatic nitrogens is 2. The largest absolute Gasteiger partial charge is 0.494 e. The average Bonchev–Trinajstić information content (AvgIpc) is 2.42. The van der Waals surface area contributed by atoms with Crippen LogP contribution in [0.15, 0.2) is 18.2 Å². The lowest BCUT2D eigenvalue weighted by molar-refractivity contribution is 0.0541. The van der Waals surface area contributed by atoms with Gasteiger partial charge in [0.25, 0.3) is 0 Å². The maximum Gasteiger partial charge on any atom is 0.426 e. The molecule has 0 atom stereocenters. The molecule has 0 saturated heterocycles. The third-order valence-electron chi connectivity index (χ3n) is 2.56. The summed E-state index contributed by atoms with van der Waals surface area (Å²) in [6.07, 6.45) is -0.627. The third-order valence-corrected chi connectivity index (χ3v) is 2.73. The number of hydrogen-bond donors (Lipinski definition) is 2. The Bertz CT molecular complexity index is 700. The molecule has 2 N–H and O–H groups in total. The molecular formula is C14H17ClN4O3. The van der Waals surface area contributed by atoms with E-state index in [1.54, 1.807) is 39.0 Å². The molecule has 0 saturated carbocycles. The number of carbonyl (C=O) groups is 1. The second-order valence-corrected chi connectivity index (χ2v) is 5.79. The maximum absolute atomic E-state index is 11.7. The molecule has 2 rings (SSSR count). The Kier molecular flexibility index (Phi) is 4.56. The molecule has 8 heteroatoms. The van der Waals surface area contributed by atoms with Gasteiger partial charge in [0.1, 0.15) is 16.9 Å². The molecule has 7 nitrogen and oxygen atoms in total. The number of para-hydroxylation sites is 1. The smallest absolute Gasteiger partial charge is 0.426 e. The fourth-order valence-corrected chi connectivity index (χ4v) is 1.94. The summed E-state index contributed by atoms with van der Waals surface area (Å²) < 4.78 is 10.4. The van der Waals surface area contributed by atoms with Crippen molar-refractivity contribution < 1.29 is 14.3 Å². The Balaban J connectivity index is 2.26. The fourth-order valence-electron chi connectivity index (χ4n) is 1.77. The number of carbonyl (C=O) groups excluding carboxylic acids is 1. The second kappa shape index (κ2) is 6.23. The van der Waals surface area contributed by atoms with Gasteiger partial charge in [-0.1, -0.05) is 6.07 Å². The van der Waals surface area contributed by atoms with E-state index < -0.39 is 11.7 Å². The molecule has 1 heterocycles. The Hall–Kier alpha value is -2.28. The molecule has 0 aliphatic rings. The average molecular weight is 325 g/mol. The van der Waals surface area contributed by atoms with Crippen LogP contribution in [-0.4, -0.2) is 28.8 Å². The van der Waals surface area contributed by atoms with Crippen LogP contribution in [0.1, 0.15) is 20.8 Å². The van der Waals surface area contributed by atoms with Crippen LogP contribution in [-0.2, 0) is 4.74 Å². The highest BCUT2D eigenvalue weighted by atomic mass is 35.5.